The number of likely N-dealkylation sites (N-methyl/N-ethyl adjacent to an activating group) is 1. The van der Waals surface area contributed by atoms with E-state index in [-0.39, 0.29) is 5.69 Å². The Hall–Kier alpha value is -2.15. The Morgan fingerprint density at radius 3 is 3.15 bits per heavy atom. The lowest BCUT2D eigenvalue weighted by atomic mass is 10.2. The van der Waals surface area contributed by atoms with Crippen LogP contribution in [0.4, 0.5) is 11.7 Å². The first-order chi connectivity index (χ1) is 9.65. The van der Waals surface area contributed by atoms with Gasteiger partial charge in [-0.3, -0.25) is 10.1 Å². The van der Waals surface area contributed by atoms with Crippen LogP contribution in [-0.2, 0) is 0 Å². The van der Waals surface area contributed by atoms with Gasteiger partial charge >= 0.3 is 0 Å². The summed E-state index contributed by atoms with van der Waals surface area (Å²) in [5.41, 5.74) is 0.693. The summed E-state index contributed by atoms with van der Waals surface area (Å²) in [6, 6.07) is 5.51. The molecule has 0 radical (unpaired) electrons. The zero-order valence-corrected chi connectivity index (χ0v) is 11.2. The first kappa shape index (κ1) is 12.9. The number of nitrogens with one attached hydrogen (secondary N) is 1. The highest BCUT2D eigenvalue weighted by molar-refractivity contribution is 5.83. The first-order valence-corrected chi connectivity index (χ1v) is 6.63. The molecule has 2 heterocycles. The van der Waals surface area contributed by atoms with Crippen molar-refractivity contribution in [3.63, 3.8) is 0 Å². The molecule has 3 rings (SSSR count). The van der Waals surface area contributed by atoms with Crippen LogP contribution < -0.4 is 5.32 Å². The molecule has 1 atom stereocenters. The van der Waals surface area contributed by atoms with Crippen LogP contribution in [0.15, 0.2) is 22.6 Å². The summed E-state index contributed by atoms with van der Waals surface area (Å²) >= 11 is 0. The third-order valence-electron chi connectivity index (χ3n) is 3.75. The number of anilines is 1. The van der Waals surface area contributed by atoms with Crippen LogP contribution in [0.3, 0.4) is 0 Å². The van der Waals surface area contributed by atoms with Crippen molar-refractivity contribution in [1.29, 1.82) is 0 Å². The minimum atomic E-state index is -0.445. The Kier molecular flexibility index (Phi) is 3.27. The molecule has 0 aliphatic carbocycles. The van der Waals surface area contributed by atoms with Gasteiger partial charge in [0.1, 0.15) is 0 Å². The van der Waals surface area contributed by atoms with Gasteiger partial charge in [0, 0.05) is 18.7 Å². The lowest BCUT2D eigenvalue weighted by molar-refractivity contribution is -0.383. The summed E-state index contributed by atoms with van der Waals surface area (Å²) in [5.74, 6) is 0. The molecule has 1 unspecified atom stereocenters. The van der Waals surface area contributed by atoms with Crippen LogP contribution in [0.2, 0.25) is 0 Å². The topological polar surface area (TPSA) is 84.4 Å². The molecule has 0 spiro atoms. The number of hydrogen-bond donors (Lipinski definition) is 1. The number of para-hydroxylation sites is 1. The number of hydrogen-bond acceptors (Lipinski definition) is 6. The van der Waals surface area contributed by atoms with E-state index in [0.29, 0.717) is 23.2 Å². The summed E-state index contributed by atoms with van der Waals surface area (Å²) in [6.45, 7) is 1.84. The third kappa shape index (κ3) is 2.32. The number of aromatic nitrogens is 1. The van der Waals surface area contributed by atoms with E-state index in [0.717, 1.165) is 19.5 Å². The molecule has 2 aromatic rings. The second-order valence-corrected chi connectivity index (χ2v) is 5.06. The van der Waals surface area contributed by atoms with E-state index < -0.39 is 4.92 Å². The van der Waals surface area contributed by atoms with Crippen molar-refractivity contribution in [2.24, 2.45) is 0 Å². The van der Waals surface area contributed by atoms with Crippen molar-refractivity contribution < 1.29 is 9.34 Å². The lowest BCUT2D eigenvalue weighted by Gasteiger charge is -2.18. The number of non-ortho nitro benzene ring substituents is 1. The van der Waals surface area contributed by atoms with Gasteiger partial charge < -0.3 is 14.6 Å². The van der Waals surface area contributed by atoms with Crippen molar-refractivity contribution >= 4 is 22.8 Å². The van der Waals surface area contributed by atoms with Gasteiger partial charge in [-0.05, 0) is 32.5 Å². The molecule has 1 N–H and O–H groups in total. The van der Waals surface area contributed by atoms with Crippen molar-refractivity contribution in [2.45, 2.75) is 18.9 Å². The third-order valence-corrected chi connectivity index (χ3v) is 3.75. The van der Waals surface area contributed by atoms with Crippen molar-refractivity contribution in [2.75, 3.05) is 25.5 Å². The molecule has 0 amide bonds. The molecule has 7 nitrogen and oxygen atoms in total. The molecule has 1 aliphatic rings. The number of oxazole rings is 1. The second kappa shape index (κ2) is 5.09. The van der Waals surface area contributed by atoms with Crippen molar-refractivity contribution in [3.8, 4) is 0 Å². The predicted octanol–water partition coefficient (Wildman–Crippen LogP) is 2.24. The fourth-order valence-corrected chi connectivity index (χ4v) is 2.60. The molecular formula is C13H16N4O3. The molecule has 1 aromatic heterocycles. The number of fused-ring (bicyclic) bond motifs is 1. The first-order valence-electron chi connectivity index (χ1n) is 6.63. The summed E-state index contributed by atoms with van der Waals surface area (Å²) in [5, 5.41) is 14.1. The van der Waals surface area contributed by atoms with Gasteiger partial charge in [-0.2, -0.15) is 4.98 Å². The number of nitrogens with zero attached hydrogens (tertiary/aromatic N) is 3. The second-order valence-electron chi connectivity index (χ2n) is 5.06. The maximum atomic E-state index is 10.9. The highest BCUT2D eigenvalue weighted by atomic mass is 16.6. The van der Waals surface area contributed by atoms with Crippen LogP contribution in [0.25, 0.3) is 11.1 Å². The fraction of sp³-hybridized carbons (Fsp3) is 0.462. The Morgan fingerprint density at radius 1 is 1.60 bits per heavy atom. The molecule has 7 heteroatoms. The maximum Gasteiger partial charge on any atom is 0.298 e. The molecule has 0 saturated carbocycles. The van der Waals surface area contributed by atoms with Gasteiger partial charge in [0.2, 0.25) is 0 Å². The molecule has 0 bridgehead atoms. The number of benzene rings is 1. The standard InChI is InChI=1S/C13H16N4O3/c1-16-7-3-4-9(16)8-14-13-15-12-10(17(18)19)5-2-6-11(12)20-13/h2,5-6,9H,3-4,7-8H2,1H3,(H,14,15). The van der Waals surface area contributed by atoms with Crippen molar-refractivity contribution in [3.05, 3.63) is 28.3 Å². The van der Waals surface area contributed by atoms with E-state index in [1.165, 1.54) is 12.5 Å². The van der Waals surface area contributed by atoms with E-state index >= 15 is 0 Å². The van der Waals surface area contributed by atoms with E-state index in [4.69, 9.17) is 4.42 Å². The van der Waals surface area contributed by atoms with E-state index in [1.807, 2.05) is 0 Å². The smallest absolute Gasteiger partial charge is 0.298 e. The summed E-state index contributed by atoms with van der Waals surface area (Å²) in [6.07, 6.45) is 2.34. The SMILES string of the molecule is CN1CCCC1CNc1nc2c([N+](=O)[O-])cccc2o1. The van der Waals surface area contributed by atoms with Gasteiger partial charge in [0.25, 0.3) is 11.7 Å². The molecule has 1 aliphatic heterocycles. The molecule has 1 aromatic carbocycles. The van der Waals surface area contributed by atoms with Gasteiger partial charge in [-0.25, -0.2) is 0 Å². The highest BCUT2D eigenvalue weighted by Crippen LogP contribution is 2.27. The number of likely N-dealkylation sites (tertiary alicyclic amines) is 1. The summed E-state index contributed by atoms with van der Waals surface area (Å²) < 4.78 is 5.51. The minimum absolute atomic E-state index is 0.0303. The van der Waals surface area contributed by atoms with Crippen LogP contribution in [0.5, 0.6) is 0 Å². The fourth-order valence-electron chi connectivity index (χ4n) is 2.60. The monoisotopic (exact) mass is 276 g/mol. The minimum Gasteiger partial charge on any atom is -0.423 e. The Morgan fingerprint density at radius 2 is 2.45 bits per heavy atom. The number of nitro groups is 1. The molecule has 20 heavy (non-hydrogen) atoms. The largest absolute Gasteiger partial charge is 0.423 e. The summed E-state index contributed by atoms with van der Waals surface area (Å²) in [7, 11) is 2.09. The maximum absolute atomic E-state index is 10.9. The predicted molar refractivity (Wildman–Crippen MR) is 74.8 cm³/mol. The van der Waals surface area contributed by atoms with Gasteiger partial charge in [0.15, 0.2) is 11.1 Å². The normalized spacial score (nSPS) is 19.6. The van der Waals surface area contributed by atoms with E-state index in [2.05, 4.69) is 22.2 Å². The zero-order chi connectivity index (χ0) is 14.1. The molecule has 106 valence electrons. The Labute approximate surface area is 115 Å². The quantitative estimate of drug-likeness (QED) is 0.681. The Bertz CT molecular complexity index is 640. The van der Waals surface area contributed by atoms with Gasteiger partial charge in [-0.15, -0.1) is 0 Å². The van der Waals surface area contributed by atoms with Crippen LogP contribution in [0, 0.1) is 10.1 Å². The number of nitro benzene ring substituents is 1. The lowest BCUT2D eigenvalue weighted by Crippen LogP contribution is -2.31. The molecule has 1 saturated heterocycles. The van der Waals surface area contributed by atoms with Crippen LogP contribution >= 0.6 is 0 Å². The molecule has 1 fully saturated rings. The van der Waals surface area contributed by atoms with Crippen molar-refractivity contribution in [1.82, 2.24) is 9.88 Å². The average molecular weight is 276 g/mol. The van der Waals surface area contributed by atoms with Crippen LogP contribution in [0.1, 0.15) is 12.8 Å². The highest BCUT2D eigenvalue weighted by Gasteiger charge is 2.22. The van der Waals surface area contributed by atoms with Gasteiger partial charge in [0.05, 0.1) is 4.92 Å². The average Bonchev–Trinajstić information content (AvgIpc) is 3.01. The number of rotatable bonds is 4. The van der Waals surface area contributed by atoms with Gasteiger partial charge in [-0.1, -0.05) is 6.07 Å². The molecular weight excluding hydrogens is 260 g/mol. The summed E-state index contributed by atoms with van der Waals surface area (Å²) in [4.78, 5) is 17.0. The Balaban J connectivity index is 1.79. The van der Waals surface area contributed by atoms with Crippen LogP contribution in [-0.4, -0.2) is 41.0 Å². The van der Waals surface area contributed by atoms with E-state index in [9.17, 15) is 10.1 Å². The van der Waals surface area contributed by atoms with E-state index in [1.54, 1.807) is 12.1 Å². The zero-order valence-electron chi connectivity index (χ0n) is 11.2.